The molecule has 0 fully saturated rings. The average molecular weight is 370 g/mol. The van der Waals surface area contributed by atoms with Gasteiger partial charge in [0, 0.05) is 23.8 Å². The number of anilines is 1. The average Bonchev–Trinajstić information content (AvgIpc) is 2.34. The standard InChI is InChI=1S/C12H18BrClN2O2S/c1-4-9(5-2)16(3)19(17,18)11-7-8(14)6-10(15)12(11)13/h6-7,9H,4-5,15H2,1-3H3. The number of sulfonamides is 1. The van der Waals surface area contributed by atoms with Crippen molar-refractivity contribution in [2.45, 2.75) is 37.6 Å². The number of nitrogens with two attached hydrogens (primary N) is 1. The first-order chi connectivity index (χ1) is 8.75. The third-order valence-electron chi connectivity index (χ3n) is 3.15. The zero-order chi connectivity index (χ0) is 14.8. The lowest BCUT2D eigenvalue weighted by atomic mass is 10.2. The molecule has 0 amide bonds. The highest BCUT2D eigenvalue weighted by Crippen LogP contribution is 2.33. The Morgan fingerprint density at radius 1 is 1.37 bits per heavy atom. The first-order valence-corrected chi connectivity index (χ1v) is 8.59. The predicted molar refractivity (Wildman–Crippen MR) is 82.9 cm³/mol. The SMILES string of the molecule is CCC(CC)N(C)S(=O)(=O)c1cc(Cl)cc(N)c1Br. The van der Waals surface area contributed by atoms with Crippen LogP contribution in [-0.4, -0.2) is 25.8 Å². The largest absolute Gasteiger partial charge is 0.398 e. The van der Waals surface area contributed by atoms with Crippen LogP contribution < -0.4 is 5.73 Å². The highest BCUT2D eigenvalue weighted by atomic mass is 79.9. The molecule has 108 valence electrons. The number of hydrogen-bond acceptors (Lipinski definition) is 3. The molecule has 0 aliphatic carbocycles. The van der Waals surface area contributed by atoms with Crippen LogP contribution in [0.1, 0.15) is 26.7 Å². The Bertz CT molecular complexity index is 559. The topological polar surface area (TPSA) is 63.4 Å². The molecule has 0 heterocycles. The van der Waals surface area contributed by atoms with Crippen LogP contribution in [-0.2, 0) is 10.0 Å². The maximum atomic E-state index is 12.6. The summed E-state index contributed by atoms with van der Waals surface area (Å²) in [6.07, 6.45) is 1.50. The number of halogens is 2. The Labute approximate surface area is 128 Å². The van der Waals surface area contributed by atoms with E-state index in [9.17, 15) is 8.42 Å². The van der Waals surface area contributed by atoms with Crippen LogP contribution in [0.5, 0.6) is 0 Å². The van der Waals surface area contributed by atoms with Crippen molar-refractivity contribution in [2.75, 3.05) is 12.8 Å². The normalized spacial score (nSPS) is 12.4. The van der Waals surface area contributed by atoms with Gasteiger partial charge in [-0.1, -0.05) is 25.4 Å². The van der Waals surface area contributed by atoms with Crippen LogP contribution in [0.15, 0.2) is 21.5 Å². The van der Waals surface area contributed by atoms with Crippen molar-refractivity contribution < 1.29 is 8.42 Å². The molecular formula is C12H18BrClN2O2S. The highest BCUT2D eigenvalue weighted by Gasteiger charge is 2.28. The Kier molecular flexibility index (Phi) is 5.67. The van der Waals surface area contributed by atoms with Gasteiger partial charge in [0.05, 0.1) is 9.37 Å². The predicted octanol–water partition coefficient (Wildman–Crippen LogP) is 3.49. The summed E-state index contributed by atoms with van der Waals surface area (Å²) in [4.78, 5) is 0.104. The Morgan fingerprint density at radius 2 is 1.89 bits per heavy atom. The molecule has 0 saturated heterocycles. The van der Waals surface area contributed by atoms with Crippen molar-refractivity contribution in [1.29, 1.82) is 0 Å². The van der Waals surface area contributed by atoms with Gasteiger partial charge in [0.25, 0.3) is 0 Å². The number of rotatable bonds is 5. The van der Waals surface area contributed by atoms with Gasteiger partial charge in [-0.2, -0.15) is 4.31 Å². The molecule has 4 nitrogen and oxygen atoms in total. The molecule has 1 rings (SSSR count). The van der Waals surface area contributed by atoms with Crippen LogP contribution in [0.25, 0.3) is 0 Å². The van der Waals surface area contributed by atoms with E-state index in [4.69, 9.17) is 17.3 Å². The molecule has 0 atom stereocenters. The highest BCUT2D eigenvalue weighted by molar-refractivity contribution is 9.10. The molecule has 0 aromatic heterocycles. The lowest BCUT2D eigenvalue weighted by Crippen LogP contribution is -2.36. The summed E-state index contributed by atoms with van der Waals surface area (Å²) in [6, 6.07) is 2.88. The fourth-order valence-corrected chi connectivity index (χ4v) is 4.68. The first-order valence-electron chi connectivity index (χ1n) is 5.98. The van der Waals surface area contributed by atoms with Crippen molar-refractivity contribution in [3.63, 3.8) is 0 Å². The van der Waals surface area contributed by atoms with Crippen molar-refractivity contribution in [3.05, 3.63) is 21.6 Å². The maximum Gasteiger partial charge on any atom is 0.244 e. The Morgan fingerprint density at radius 3 is 2.37 bits per heavy atom. The van der Waals surface area contributed by atoms with E-state index < -0.39 is 10.0 Å². The molecule has 0 unspecified atom stereocenters. The quantitative estimate of drug-likeness (QED) is 0.808. The zero-order valence-electron chi connectivity index (χ0n) is 11.2. The molecule has 0 spiro atoms. The smallest absolute Gasteiger partial charge is 0.244 e. The van der Waals surface area contributed by atoms with Crippen molar-refractivity contribution in [1.82, 2.24) is 4.31 Å². The number of benzene rings is 1. The fraction of sp³-hybridized carbons (Fsp3) is 0.500. The summed E-state index contributed by atoms with van der Waals surface area (Å²) < 4.78 is 26.9. The monoisotopic (exact) mass is 368 g/mol. The summed E-state index contributed by atoms with van der Waals surface area (Å²) in [5.74, 6) is 0. The maximum absolute atomic E-state index is 12.6. The minimum Gasteiger partial charge on any atom is -0.398 e. The number of nitrogens with zero attached hydrogens (tertiary/aromatic N) is 1. The summed E-state index contributed by atoms with van der Waals surface area (Å²) >= 11 is 9.12. The molecule has 0 aliphatic heterocycles. The second-order valence-corrected chi connectivity index (χ2v) is 7.49. The Balaban J connectivity index is 3.35. The van der Waals surface area contributed by atoms with Crippen LogP contribution in [0.3, 0.4) is 0 Å². The Hall–Kier alpha value is -0.300. The van der Waals surface area contributed by atoms with Crippen molar-refractivity contribution in [3.8, 4) is 0 Å². The van der Waals surface area contributed by atoms with E-state index in [0.29, 0.717) is 15.2 Å². The summed E-state index contributed by atoms with van der Waals surface area (Å²) in [7, 11) is -2.04. The van der Waals surface area contributed by atoms with Gasteiger partial charge in [0.15, 0.2) is 0 Å². The minimum absolute atomic E-state index is 0.0443. The van der Waals surface area contributed by atoms with Gasteiger partial charge in [0.2, 0.25) is 10.0 Å². The molecule has 0 saturated carbocycles. The van der Waals surface area contributed by atoms with Crippen LogP contribution in [0, 0.1) is 0 Å². The molecule has 2 N–H and O–H groups in total. The lowest BCUT2D eigenvalue weighted by molar-refractivity contribution is 0.349. The van der Waals surface area contributed by atoms with Gasteiger partial charge in [-0.25, -0.2) is 8.42 Å². The molecule has 1 aromatic carbocycles. The van der Waals surface area contributed by atoms with E-state index in [1.165, 1.54) is 16.4 Å². The van der Waals surface area contributed by atoms with Crippen molar-refractivity contribution in [2.24, 2.45) is 0 Å². The molecule has 0 aliphatic rings. The first kappa shape index (κ1) is 16.8. The van der Waals surface area contributed by atoms with E-state index in [1.54, 1.807) is 7.05 Å². The van der Waals surface area contributed by atoms with Crippen LogP contribution in [0.2, 0.25) is 5.02 Å². The van der Waals surface area contributed by atoms with Crippen LogP contribution in [0.4, 0.5) is 5.69 Å². The second kappa shape index (κ2) is 6.43. The third kappa shape index (κ3) is 3.42. The van der Waals surface area contributed by atoms with Gasteiger partial charge in [0.1, 0.15) is 0 Å². The van der Waals surface area contributed by atoms with E-state index in [0.717, 1.165) is 12.8 Å². The molecule has 0 bridgehead atoms. The second-order valence-electron chi connectivity index (χ2n) is 4.30. The van der Waals surface area contributed by atoms with Gasteiger partial charge in [-0.3, -0.25) is 0 Å². The fourth-order valence-electron chi connectivity index (χ4n) is 1.93. The number of nitrogen functional groups attached to an aromatic ring is 1. The molecule has 0 radical (unpaired) electrons. The van der Waals surface area contributed by atoms with E-state index in [2.05, 4.69) is 15.9 Å². The minimum atomic E-state index is -3.62. The van der Waals surface area contributed by atoms with Crippen molar-refractivity contribution >= 4 is 43.2 Å². The summed E-state index contributed by atoms with van der Waals surface area (Å²) in [5.41, 5.74) is 6.05. The van der Waals surface area contributed by atoms with Gasteiger partial charge in [-0.15, -0.1) is 0 Å². The molecular weight excluding hydrogens is 352 g/mol. The van der Waals surface area contributed by atoms with E-state index in [-0.39, 0.29) is 10.9 Å². The zero-order valence-corrected chi connectivity index (χ0v) is 14.3. The van der Waals surface area contributed by atoms with Gasteiger partial charge in [-0.05, 0) is 40.9 Å². The number of hydrogen-bond donors (Lipinski definition) is 1. The molecule has 1 aromatic rings. The summed E-state index contributed by atoms with van der Waals surface area (Å²) in [6.45, 7) is 3.92. The lowest BCUT2D eigenvalue weighted by Gasteiger charge is -2.26. The van der Waals surface area contributed by atoms with Gasteiger partial charge >= 0.3 is 0 Å². The molecule has 7 heteroatoms. The van der Waals surface area contributed by atoms with Gasteiger partial charge < -0.3 is 5.73 Å². The van der Waals surface area contributed by atoms with E-state index >= 15 is 0 Å². The third-order valence-corrected chi connectivity index (χ3v) is 6.45. The summed E-state index contributed by atoms with van der Waals surface area (Å²) in [5, 5.41) is 0.303. The molecule has 19 heavy (non-hydrogen) atoms. The van der Waals surface area contributed by atoms with Crippen LogP contribution >= 0.6 is 27.5 Å². The van der Waals surface area contributed by atoms with E-state index in [1.807, 2.05) is 13.8 Å².